The van der Waals surface area contributed by atoms with Gasteiger partial charge in [0.1, 0.15) is 12.7 Å². The molecule has 8 heteroatoms. The summed E-state index contributed by atoms with van der Waals surface area (Å²) in [6.07, 6.45) is 3.25. The number of carbonyl (C=O) groups is 2. The summed E-state index contributed by atoms with van der Waals surface area (Å²) in [5.41, 5.74) is 2.69. The van der Waals surface area contributed by atoms with Crippen molar-refractivity contribution >= 4 is 11.7 Å². The number of piperazine rings is 1. The summed E-state index contributed by atoms with van der Waals surface area (Å²) in [5, 5.41) is 4.10. The van der Waals surface area contributed by atoms with E-state index in [1.165, 1.54) is 13.3 Å². The Morgan fingerprint density at radius 2 is 1.88 bits per heavy atom. The Bertz CT molecular complexity index is 756. The molecule has 0 aliphatic carbocycles. The molecular weight excluding hydrogens is 320 g/mol. The van der Waals surface area contributed by atoms with Gasteiger partial charge in [-0.15, -0.1) is 0 Å². The Morgan fingerprint density at radius 1 is 1.16 bits per heavy atom. The van der Waals surface area contributed by atoms with Crippen molar-refractivity contribution in [1.82, 2.24) is 29.5 Å². The van der Waals surface area contributed by atoms with Gasteiger partial charge in [0.15, 0.2) is 5.78 Å². The zero-order chi connectivity index (χ0) is 18.0. The van der Waals surface area contributed by atoms with Gasteiger partial charge in [0.2, 0.25) is 0 Å². The fourth-order valence-corrected chi connectivity index (χ4v) is 3.35. The number of carbonyl (C=O) groups excluding carboxylic acids is 2. The van der Waals surface area contributed by atoms with E-state index < -0.39 is 0 Å². The Labute approximate surface area is 146 Å². The zero-order valence-corrected chi connectivity index (χ0v) is 14.9. The van der Waals surface area contributed by atoms with Crippen molar-refractivity contribution in [3.63, 3.8) is 0 Å². The molecule has 2 aromatic rings. The second-order valence-electron chi connectivity index (χ2n) is 6.47. The molecule has 2 aromatic heterocycles. The number of nitrogens with zero attached hydrogens (tertiary/aromatic N) is 5. The normalized spacial score (nSPS) is 15.6. The molecule has 0 unspecified atom stereocenters. The lowest BCUT2D eigenvalue weighted by Crippen LogP contribution is -2.49. The maximum atomic E-state index is 12.9. The monoisotopic (exact) mass is 344 g/mol. The average Bonchev–Trinajstić information content (AvgIpc) is 3.21. The zero-order valence-electron chi connectivity index (χ0n) is 14.9. The minimum atomic E-state index is -0.0439. The first-order chi connectivity index (χ1) is 12.0. The molecule has 1 aliphatic heterocycles. The number of aromatic nitrogens is 4. The molecule has 1 N–H and O–H groups in total. The molecule has 3 rings (SSSR count). The van der Waals surface area contributed by atoms with Crippen LogP contribution in [-0.4, -0.2) is 74.0 Å². The number of rotatable bonds is 5. The van der Waals surface area contributed by atoms with Gasteiger partial charge in [0, 0.05) is 45.3 Å². The molecule has 0 radical (unpaired) electrons. The van der Waals surface area contributed by atoms with Gasteiger partial charge in [0.25, 0.3) is 5.91 Å². The number of aryl methyl sites for hydroxylation is 1. The highest BCUT2D eigenvalue weighted by Gasteiger charge is 2.27. The lowest BCUT2D eigenvalue weighted by atomic mass is 10.1. The van der Waals surface area contributed by atoms with Gasteiger partial charge in [0.05, 0.1) is 17.8 Å². The fraction of sp³-hybridized carbons (Fsp3) is 0.529. The molecule has 134 valence electrons. The molecular formula is C17H24N6O2. The van der Waals surface area contributed by atoms with E-state index in [9.17, 15) is 9.59 Å². The van der Waals surface area contributed by atoms with Crippen LogP contribution in [-0.2, 0) is 6.54 Å². The fourth-order valence-electron chi connectivity index (χ4n) is 3.35. The largest absolute Gasteiger partial charge is 0.355 e. The molecule has 1 aliphatic rings. The minimum absolute atomic E-state index is 0.00896. The van der Waals surface area contributed by atoms with E-state index >= 15 is 0 Å². The molecule has 0 aromatic carbocycles. The molecule has 1 saturated heterocycles. The maximum absolute atomic E-state index is 12.9. The van der Waals surface area contributed by atoms with Crippen molar-refractivity contribution in [2.75, 3.05) is 32.7 Å². The summed E-state index contributed by atoms with van der Waals surface area (Å²) in [5.74, 6) is -0.0349. The summed E-state index contributed by atoms with van der Waals surface area (Å²) in [6.45, 7) is 9.94. The van der Waals surface area contributed by atoms with Crippen molar-refractivity contribution in [1.29, 1.82) is 0 Å². The quantitative estimate of drug-likeness (QED) is 0.814. The molecule has 1 fully saturated rings. The highest BCUT2D eigenvalue weighted by Crippen LogP contribution is 2.21. The highest BCUT2D eigenvalue weighted by atomic mass is 16.2. The summed E-state index contributed by atoms with van der Waals surface area (Å²) in [4.78, 5) is 35.7. The number of Topliss-reactive ketones (excluding diaryl/α,β-unsaturated/α-hetero) is 1. The molecule has 0 bridgehead atoms. The van der Waals surface area contributed by atoms with Crippen molar-refractivity contribution in [3.8, 4) is 0 Å². The van der Waals surface area contributed by atoms with Gasteiger partial charge < -0.3 is 9.88 Å². The predicted molar refractivity (Wildman–Crippen MR) is 92.6 cm³/mol. The number of hydrogen-bond donors (Lipinski definition) is 1. The number of H-pyrrole nitrogens is 1. The number of aromatic amines is 1. The van der Waals surface area contributed by atoms with Crippen LogP contribution in [0.15, 0.2) is 12.7 Å². The van der Waals surface area contributed by atoms with Crippen molar-refractivity contribution in [2.24, 2.45) is 0 Å². The van der Waals surface area contributed by atoms with Crippen molar-refractivity contribution < 1.29 is 9.59 Å². The maximum Gasteiger partial charge on any atom is 0.256 e. The van der Waals surface area contributed by atoms with Crippen LogP contribution in [0.5, 0.6) is 0 Å². The Morgan fingerprint density at radius 3 is 2.44 bits per heavy atom. The van der Waals surface area contributed by atoms with E-state index in [2.05, 4.69) is 20.0 Å². The van der Waals surface area contributed by atoms with Crippen molar-refractivity contribution in [2.45, 2.75) is 27.3 Å². The smallest absolute Gasteiger partial charge is 0.256 e. The number of ketones is 1. The molecule has 1 amide bonds. The Hall–Kier alpha value is -2.48. The molecule has 0 saturated carbocycles. The number of nitrogens with one attached hydrogen (secondary N) is 1. The first kappa shape index (κ1) is 17.3. The Kier molecular flexibility index (Phi) is 4.98. The molecule has 8 nitrogen and oxygen atoms in total. The first-order valence-electron chi connectivity index (χ1n) is 8.51. The SMILES string of the molecule is CC(=O)c1[nH]c(C)c(C(=O)N2CCN(CCn3cncn3)CC2)c1C. The van der Waals surface area contributed by atoms with Crippen LogP contribution in [0.2, 0.25) is 0 Å². The molecule has 0 spiro atoms. The third kappa shape index (κ3) is 3.63. The molecule has 3 heterocycles. The van der Waals surface area contributed by atoms with Crippen LogP contribution in [0.25, 0.3) is 0 Å². The lowest BCUT2D eigenvalue weighted by Gasteiger charge is -2.34. The van der Waals surface area contributed by atoms with Crippen LogP contribution in [0.1, 0.15) is 39.0 Å². The van der Waals surface area contributed by atoms with Crippen molar-refractivity contribution in [3.05, 3.63) is 35.2 Å². The third-order valence-electron chi connectivity index (χ3n) is 4.77. The van der Waals surface area contributed by atoms with Gasteiger partial charge in [-0.05, 0) is 19.4 Å². The number of hydrogen-bond acceptors (Lipinski definition) is 5. The van der Waals surface area contributed by atoms with Gasteiger partial charge in [-0.25, -0.2) is 4.98 Å². The molecule has 25 heavy (non-hydrogen) atoms. The summed E-state index contributed by atoms with van der Waals surface area (Å²) >= 11 is 0. The van der Waals surface area contributed by atoms with Crippen LogP contribution >= 0.6 is 0 Å². The molecule has 0 atom stereocenters. The Balaban J connectivity index is 1.59. The van der Waals surface area contributed by atoms with E-state index in [-0.39, 0.29) is 11.7 Å². The predicted octanol–water partition coefficient (Wildman–Crippen LogP) is 0.884. The summed E-state index contributed by atoms with van der Waals surface area (Å²) in [7, 11) is 0. The second-order valence-corrected chi connectivity index (χ2v) is 6.47. The van der Waals surface area contributed by atoms with E-state index in [1.54, 1.807) is 6.33 Å². The highest BCUT2D eigenvalue weighted by molar-refractivity contribution is 6.02. The van der Waals surface area contributed by atoms with Gasteiger partial charge in [-0.2, -0.15) is 5.10 Å². The second kappa shape index (κ2) is 7.18. The number of amides is 1. The van der Waals surface area contributed by atoms with E-state index in [0.717, 1.165) is 37.4 Å². The van der Waals surface area contributed by atoms with Crippen LogP contribution in [0.3, 0.4) is 0 Å². The van der Waals surface area contributed by atoms with Gasteiger partial charge in [-0.3, -0.25) is 19.2 Å². The van der Waals surface area contributed by atoms with Crippen LogP contribution in [0.4, 0.5) is 0 Å². The minimum Gasteiger partial charge on any atom is -0.355 e. The van der Waals surface area contributed by atoms with E-state index in [0.29, 0.717) is 24.3 Å². The standard InChI is InChI=1S/C17H24N6O2/c1-12-15(13(2)20-16(12)14(3)24)17(25)22-7-4-21(5-8-22)6-9-23-11-18-10-19-23/h10-11,20H,4-9H2,1-3H3. The lowest BCUT2D eigenvalue weighted by molar-refractivity contribution is 0.0630. The summed E-state index contributed by atoms with van der Waals surface area (Å²) < 4.78 is 1.81. The third-order valence-corrected chi connectivity index (χ3v) is 4.77. The van der Waals surface area contributed by atoms with Gasteiger partial charge in [-0.1, -0.05) is 0 Å². The van der Waals surface area contributed by atoms with Crippen LogP contribution in [0, 0.1) is 13.8 Å². The summed E-state index contributed by atoms with van der Waals surface area (Å²) in [6, 6.07) is 0. The van der Waals surface area contributed by atoms with Crippen LogP contribution < -0.4 is 0 Å². The topological polar surface area (TPSA) is 87.1 Å². The average molecular weight is 344 g/mol. The van der Waals surface area contributed by atoms with Gasteiger partial charge >= 0.3 is 0 Å². The van der Waals surface area contributed by atoms with E-state index in [1.807, 2.05) is 23.4 Å². The first-order valence-corrected chi connectivity index (χ1v) is 8.51. The van der Waals surface area contributed by atoms with E-state index in [4.69, 9.17) is 0 Å².